The third-order valence-electron chi connectivity index (χ3n) is 2.76. The van der Waals surface area contributed by atoms with Crippen molar-refractivity contribution in [3.63, 3.8) is 0 Å². The average molecular weight is 223 g/mol. The largest absolute Gasteiger partial charge is 0.370 e. The van der Waals surface area contributed by atoms with E-state index in [0.717, 1.165) is 16.8 Å². The molecule has 0 aliphatic carbocycles. The van der Waals surface area contributed by atoms with Crippen LogP contribution in [0.15, 0.2) is 4.79 Å². The number of carbonyl (C=O) groups is 1. The van der Waals surface area contributed by atoms with Gasteiger partial charge in [0.2, 0.25) is 5.91 Å². The molecule has 0 spiro atoms. The minimum Gasteiger partial charge on any atom is -0.370 e. The zero-order valence-electron chi connectivity index (χ0n) is 9.59. The van der Waals surface area contributed by atoms with E-state index < -0.39 is 0 Å². The summed E-state index contributed by atoms with van der Waals surface area (Å²) in [5.74, 6) is -0.348. The summed E-state index contributed by atoms with van der Waals surface area (Å²) in [6.45, 7) is 3.86. The average Bonchev–Trinajstić information content (AvgIpc) is 2.16. The van der Waals surface area contributed by atoms with Gasteiger partial charge in [-0.2, -0.15) is 0 Å². The van der Waals surface area contributed by atoms with Gasteiger partial charge in [0.05, 0.1) is 0 Å². The minimum atomic E-state index is -0.348. The normalized spacial score (nSPS) is 10.4. The van der Waals surface area contributed by atoms with Gasteiger partial charge in [-0.05, 0) is 31.4 Å². The molecule has 1 aromatic rings. The van der Waals surface area contributed by atoms with E-state index in [0.29, 0.717) is 12.0 Å². The number of hydrogen-bond acceptors (Lipinski definition) is 3. The first-order valence-electron chi connectivity index (χ1n) is 5.17. The van der Waals surface area contributed by atoms with Crippen molar-refractivity contribution in [2.45, 2.75) is 33.2 Å². The summed E-state index contributed by atoms with van der Waals surface area (Å²) in [5.41, 5.74) is 13.6. The fourth-order valence-electron chi connectivity index (χ4n) is 1.82. The van der Waals surface area contributed by atoms with Crippen molar-refractivity contribution in [2.24, 2.45) is 11.5 Å². The Morgan fingerprint density at radius 1 is 1.31 bits per heavy atom. The van der Waals surface area contributed by atoms with Gasteiger partial charge in [-0.15, -0.1) is 0 Å². The Bertz CT molecular complexity index is 463. The van der Waals surface area contributed by atoms with E-state index in [1.54, 1.807) is 0 Å². The van der Waals surface area contributed by atoms with E-state index in [4.69, 9.17) is 11.5 Å². The molecule has 0 aliphatic heterocycles. The van der Waals surface area contributed by atoms with Crippen LogP contribution in [0.5, 0.6) is 0 Å². The maximum atomic E-state index is 11.6. The summed E-state index contributed by atoms with van der Waals surface area (Å²) in [6.07, 6.45) is 0.814. The molecular formula is C11H17N3O2. The number of H-pyrrole nitrogens is 1. The summed E-state index contributed by atoms with van der Waals surface area (Å²) in [5, 5.41) is 0. The summed E-state index contributed by atoms with van der Waals surface area (Å²) >= 11 is 0. The van der Waals surface area contributed by atoms with Gasteiger partial charge >= 0.3 is 0 Å². The van der Waals surface area contributed by atoms with Crippen molar-refractivity contribution in [1.82, 2.24) is 4.98 Å². The molecule has 0 bridgehead atoms. The monoisotopic (exact) mass is 223 g/mol. The van der Waals surface area contributed by atoms with Gasteiger partial charge in [-0.25, -0.2) is 0 Å². The van der Waals surface area contributed by atoms with Gasteiger partial charge < -0.3 is 16.5 Å². The summed E-state index contributed by atoms with van der Waals surface area (Å²) in [6, 6.07) is 0. The number of hydrogen-bond donors (Lipinski definition) is 3. The number of carbonyl (C=O) groups excluding carboxylic acids is 1. The Morgan fingerprint density at radius 2 is 1.94 bits per heavy atom. The number of nitrogens with one attached hydrogen (secondary N) is 1. The highest BCUT2D eigenvalue weighted by molar-refractivity contribution is 5.74. The van der Waals surface area contributed by atoms with Crippen LogP contribution in [0.4, 0.5) is 0 Å². The molecule has 5 heteroatoms. The molecule has 0 radical (unpaired) electrons. The Morgan fingerprint density at radius 3 is 2.44 bits per heavy atom. The SMILES string of the molecule is Cc1[nH]c(=O)c(CN)c(C)c1CCC(N)=O. The van der Waals surface area contributed by atoms with E-state index >= 15 is 0 Å². The van der Waals surface area contributed by atoms with Crippen molar-refractivity contribution in [3.8, 4) is 0 Å². The molecule has 0 saturated heterocycles. The highest BCUT2D eigenvalue weighted by atomic mass is 16.1. The molecule has 88 valence electrons. The quantitative estimate of drug-likeness (QED) is 0.662. The second kappa shape index (κ2) is 4.94. The molecule has 0 fully saturated rings. The maximum absolute atomic E-state index is 11.6. The third-order valence-corrected chi connectivity index (χ3v) is 2.76. The van der Waals surface area contributed by atoms with Gasteiger partial charge in [-0.3, -0.25) is 9.59 Å². The Kier molecular flexibility index (Phi) is 3.84. The smallest absolute Gasteiger partial charge is 0.252 e. The van der Waals surface area contributed by atoms with E-state index in [1.807, 2.05) is 13.8 Å². The molecular weight excluding hydrogens is 206 g/mol. The third kappa shape index (κ3) is 2.49. The molecule has 1 rings (SSSR count). The molecule has 0 saturated carbocycles. The van der Waals surface area contributed by atoms with Gasteiger partial charge in [0.15, 0.2) is 0 Å². The predicted molar refractivity (Wildman–Crippen MR) is 61.9 cm³/mol. The maximum Gasteiger partial charge on any atom is 0.252 e. The second-order valence-corrected chi connectivity index (χ2v) is 3.83. The van der Waals surface area contributed by atoms with Crippen LogP contribution < -0.4 is 17.0 Å². The standard InChI is InChI=1S/C11H17N3O2/c1-6-8(3-4-10(13)15)7(2)14-11(16)9(6)5-12/h3-5,12H2,1-2H3,(H2,13,15)(H,14,16). The first-order chi connectivity index (χ1) is 7.47. The van der Waals surface area contributed by atoms with E-state index in [2.05, 4.69) is 4.98 Å². The molecule has 0 unspecified atom stereocenters. The highest BCUT2D eigenvalue weighted by Crippen LogP contribution is 2.14. The first kappa shape index (κ1) is 12.4. The molecule has 0 aromatic carbocycles. The van der Waals surface area contributed by atoms with Crippen molar-refractivity contribution in [1.29, 1.82) is 0 Å². The number of rotatable bonds is 4. The van der Waals surface area contributed by atoms with Gasteiger partial charge in [0.25, 0.3) is 5.56 Å². The second-order valence-electron chi connectivity index (χ2n) is 3.83. The lowest BCUT2D eigenvalue weighted by Crippen LogP contribution is -2.22. The fraction of sp³-hybridized carbons (Fsp3) is 0.455. The molecule has 1 aromatic heterocycles. The van der Waals surface area contributed by atoms with Gasteiger partial charge in [0.1, 0.15) is 0 Å². The Balaban J connectivity index is 3.17. The molecule has 5 N–H and O–H groups in total. The molecule has 16 heavy (non-hydrogen) atoms. The number of aromatic amines is 1. The van der Waals surface area contributed by atoms with Crippen molar-refractivity contribution < 1.29 is 4.79 Å². The topological polar surface area (TPSA) is 102 Å². The zero-order valence-corrected chi connectivity index (χ0v) is 9.59. The molecule has 0 atom stereocenters. The van der Waals surface area contributed by atoms with Crippen molar-refractivity contribution in [2.75, 3.05) is 0 Å². The highest BCUT2D eigenvalue weighted by Gasteiger charge is 2.11. The van der Waals surface area contributed by atoms with Crippen LogP contribution in [-0.2, 0) is 17.8 Å². The van der Waals surface area contributed by atoms with Gasteiger partial charge in [-0.1, -0.05) is 0 Å². The van der Waals surface area contributed by atoms with Crippen LogP contribution in [0.3, 0.4) is 0 Å². The number of aryl methyl sites for hydroxylation is 1. The number of nitrogens with two attached hydrogens (primary N) is 2. The lowest BCUT2D eigenvalue weighted by molar-refractivity contribution is -0.117. The molecule has 5 nitrogen and oxygen atoms in total. The predicted octanol–water partition coefficient (Wildman–Crippen LogP) is -0.132. The molecule has 1 amide bonds. The Labute approximate surface area is 93.8 Å². The van der Waals surface area contributed by atoms with Crippen LogP contribution in [0.2, 0.25) is 0 Å². The summed E-state index contributed by atoms with van der Waals surface area (Å²) in [7, 11) is 0. The lowest BCUT2D eigenvalue weighted by Gasteiger charge is -2.11. The number of pyridine rings is 1. The van der Waals surface area contributed by atoms with Crippen molar-refractivity contribution in [3.05, 3.63) is 32.7 Å². The van der Waals surface area contributed by atoms with Crippen LogP contribution >= 0.6 is 0 Å². The molecule has 0 aliphatic rings. The number of primary amides is 1. The zero-order chi connectivity index (χ0) is 12.3. The van der Waals surface area contributed by atoms with Crippen LogP contribution in [0.25, 0.3) is 0 Å². The fourth-order valence-corrected chi connectivity index (χ4v) is 1.82. The van der Waals surface area contributed by atoms with Crippen LogP contribution in [-0.4, -0.2) is 10.9 Å². The summed E-state index contributed by atoms with van der Waals surface area (Å²) in [4.78, 5) is 25.0. The van der Waals surface area contributed by atoms with E-state index in [9.17, 15) is 9.59 Å². The minimum absolute atomic E-state index is 0.152. The number of amides is 1. The Hall–Kier alpha value is -1.62. The van der Waals surface area contributed by atoms with Crippen LogP contribution in [0.1, 0.15) is 28.8 Å². The lowest BCUT2D eigenvalue weighted by atomic mass is 9.98. The summed E-state index contributed by atoms with van der Waals surface area (Å²) < 4.78 is 0. The van der Waals surface area contributed by atoms with Gasteiger partial charge in [0, 0.05) is 24.2 Å². The van der Waals surface area contributed by atoms with Crippen molar-refractivity contribution >= 4 is 5.91 Å². The molecule has 1 heterocycles. The first-order valence-corrected chi connectivity index (χ1v) is 5.17. The van der Waals surface area contributed by atoms with E-state index in [1.165, 1.54) is 0 Å². The van der Waals surface area contributed by atoms with Crippen LogP contribution in [0, 0.1) is 13.8 Å². The number of aromatic nitrogens is 1. The van der Waals surface area contributed by atoms with E-state index in [-0.39, 0.29) is 24.4 Å².